The Bertz CT molecular complexity index is 1940. The number of halogens is 2. The van der Waals surface area contributed by atoms with Crippen molar-refractivity contribution >= 4 is 29.1 Å². The second kappa shape index (κ2) is 13.1. The smallest absolute Gasteiger partial charge is 0.330 e. The molecule has 3 aromatic carbocycles. The molecule has 2 amide bonds. The lowest BCUT2D eigenvalue weighted by Gasteiger charge is -2.18. The lowest BCUT2D eigenvalue weighted by atomic mass is 9.91. The minimum atomic E-state index is -0.724. The number of rotatable bonds is 9. The van der Waals surface area contributed by atoms with Gasteiger partial charge in [-0.3, -0.25) is 19.0 Å². The number of amides is 2. The molecule has 1 saturated heterocycles. The van der Waals surface area contributed by atoms with E-state index >= 15 is 4.39 Å². The fraction of sp³-hybridized carbons (Fsp3) is 0.273. The molecule has 2 heterocycles. The van der Waals surface area contributed by atoms with E-state index in [-0.39, 0.29) is 34.6 Å². The first-order valence-corrected chi connectivity index (χ1v) is 14.7. The van der Waals surface area contributed by atoms with E-state index in [0.717, 1.165) is 25.8 Å². The largest absolute Gasteiger partial charge is 0.496 e. The molecule has 0 spiro atoms. The Morgan fingerprint density at radius 1 is 1.09 bits per heavy atom. The van der Waals surface area contributed by atoms with Gasteiger partial charge in [-0.05, 0) is 53.3 Å². The predicted octanol–water partition coefficient (Wildman–Crippen LogP) is 4.01. The lowest BCUT2D eigenvalue weighted by Crippen LogP contribution is -2.40. The van der Waals surface area contributed by atoms with Crippen LogP contribution in [0.4, 0.5) is 10.1 Å². The van der Waals surface area contributed by atoms with Crippen molar-refractivity contribution in [2.45, 2.75) is 19.9 Å². The first-order chi connectivity index (χ1) is 21.5. The van der Waals surface area contributed by atoms with Crippen LogP contribution in [0.5, 0.6) is 5.75 Å². The van der Waals surface area contributed by atoms with Crippen LogP contribution in [0.1, 0.15) is 27.9 Å². The van der Waals surface area contributed by atoms with Crippen LogP contribution >= 0.6 is 11.6 Å². The van der Waals surface area contributed by atoms with Gasteiger partial charge in [0, 0.05) is 57.5 Å². The number of nitrogens with zero attached hydrogens (tertiary/aromatic N) is 2. The van der Waals surface area contributed by atoms with Crippen LogP contribution in [0.3, 0.4) is 0 Å². The molecule has 0 unspecified atom stereocenters. The lowest BCUT2D eigenvalue weighted by molar-refractivity contribution is -0.119. The normalized spacial score (nSPS) is 14.4. The average Bonchev–Trinajstić information content (AvgIpc) is 3.44. The van der Waals surface area contributed by atoms with Crippen molar-refractivity contribution in [2.24, 2.45) is 20.0 Å². The van der Waals surface area contributed by atoms with Crippen molar-refractivity contribution in [1.82, 2.24) is 19.8 Å². The van der Waals surface area contributed by atoms with Crippen molar-refractivity contribution in [3.8, 4) is 28.0 Å². The molecule has 45 heavy (non-hydrogen) atoms. The summed E-state index contributed by atoms with van der Waals surface area (Å²) in [5, 5.41) is 8.98. The van der Waals surface area contributed by atoms with E-state index in [2.05, 4.69) is 16.0 Å². The third-order valence-corrected chi connectivity index (χ3v) is 8.45. The molecule has 0 aliphatic carbocycles. The molecule has 1 aliphatic rings. The molecule has 1 aliphatic heterocycles. The molecule has 10 nitrogen and oxygen atoms in total. The van der Waals surface area contributed by atoms with Crippen molar-refractivity contribution in [1.29, 1.82) is 0 Å². The van der Waals surface area contributed by atoms with Crippen LogP contribution in [-0.2, 0) is 25.4 Å². The van der Waals surface area contributed by atoms with E-state index < -0.39 is 23.0 Å². The Morgan fingerprint density at radius 3 is 2.51 bits per heavy atom. The van der Waals surface area contributed by atoms with Crippen LogP contribution in [-0.4, -0.2) is 41.1 Å². The molecule has 0 radical (unpaired) electrons. The van der Waals surface area contributed by atoms with Gasteiger partial charge in [0.1, 0.15) is 17.1 Å². The molecule has 5 rings (SSSR count). The van der Waals surface area contributed by atoms with Gasteiger partial charge in [0.25, 0.3) is 11.5 Å². The fourth-order valence-electron chi connectivity index (χ4n) is 5.56. The Morgan fingerprint density at radius 2 is 1.80 bits per heavy atom. The summed E-state index contributed by atoms with van der Waals surface area (Å²) in [6, 6.07) is 14.0. The SMILES string of the molecule is COc1cc(-c2cccc(-c3cccc(NC(=O)c4cn(C)c(=O)n(C)c4=O)c3Cl)c2C)cc(F)c1CNC[C@@H]1CNC(=O)C1. The topological polar surface area (TPSA) is 123 Å². The summed E-state index contributed by atoms with van der Waals surface area (Å²) in [4.78, 5) is 49.1. The number of nitrogens with one attached hydrogen (secondary N) is 3. The monoisotopic (exact) mass is 633 g/mol. The van der Waals surface area contributed by atoms with Crippen LogP contribution in [0, 0.1) is 18.7 Å². The van der Waals surface area contributed by atoms with Crippen molar-refractivity contribution in [2.75, 3.05) is 25.5 Å². The number of aromatic nitrogens is 2. The van der Waals surface area contributed by atoms with Gasteiger partial charge in [-0.1, -0.05) is 41.9 Å². The molecule has 1 aromatic heterocycles. The molecule has 234 valence electrons. The van der Waals surface area contributed by atoms with Gasteiger partial charge >= 0.3 is 5.69 Å². The van der Waals surface area contributed by atoms with Crippen LogP contribution in [0.15, 0.2) is 64.3 Å². The number of methoxy groups -OCH3 is 1. The Kier molecular flexibility index (Phi) is 9.21. The molecule has 1 fully saturated rings. The molecule has 0 bridgehead atoms. The van der Waals surface area contributed by atoms with Crippen LogP contribution in [0.25, 0.3) is 22.3 Å². The van der Waals surface area contributed by atoms with Gasteiger partial charge < -0.3 is 25.3 Å². The maximum atomic E-state index is 15.5. The second-order valence-corrected chi connectivity index (χ2v) is 11.4. The number of hydrogen-bond acceptors (Lipinski definition) is 6. The van der Waals surface area contributed by atoms with Crippen LogP contribution in [0.2, 0.25) is 5.02 Å². The highest BCUT2D eigenvalue weighted by Crippen LogP contribution is 2.39. The Labute approximate surface area is 263 Å². The van der Waals surface area contributed by atoms with Gasteiger partial charge in [-0.15, -0.1) is 0 Å². The number of ether oxygens (including phenoxy) is 1. The van der Waals surface area contributed by atoms with E-state index in [0.29, 0.717) is 42.0 Å². The Hall–Kier alpha value is -4.74. The molecule has 0 saturated carbocycles. The van der Waals surface area contributed by atoms with Crippen molar-refractivity contribution in [3.63, 3.8) is 0 Å². The minimum Gasteiger partial charge on any atom is -0.496 e. The van der Waals surface area contributed by atoms with E-state index in [1.165, 1.54) is 33.5 Å². The zero-order valence-electron chi connectivity index (χ0n) is 25.3. The molecule has 1 atom stereocenters. The zero-order chi connectivity index (χ0) is 32.4. The number of aryl methyl sites for hydroxylation is 1. The third-order valence-electron chi connectivity index (χ3n) is 8.04. The molecule has 3 N–H and O–H groups in total. The quantitative estimate of drug-likeness (QED) is 0.256. The van der Waals surface area contributed by atoms with Crippen molar-refractivity contribution in [3.05, 3.63) is 103 Å². The zero-order valence-corrected chi connectivity index (χ0v) is 26.0. The first-order valence-electron chi connectivity index (χ1n) is 14.3. The summed E-state index contributed by atoms with van der Waals surface area (Å²) < 4.78 is 23.1. The maximum Gasteiger partial charge on any atom is 0.330 e. The number of anilines is 1. The standard InChI is InChI=1S/C33H33ClFN5O5/c1-18-21(20-12-26(35)24(28(13-20)45-4)16-36-14-19-11-29(41)37-15-19)7-5-8-22(18)23-9-6-10-27(30(23)34)38-31(42)25-17-39(2)33(44)40(3)32(25)43/h5-10,12-13,17,19,36H,11,14-16H2,1-4H3,(H,37,41)(H,38,42)/t19-/m1/s1. The second-order valence-electron chi connectivity index (χ2n) is 11.0. The summed E-state index contributed by atoms with van der Waals surface area (Å²) in [5.74, 6) is -0.541. The molecule has 4 aromatic rings. The Balaban J connectivity index is 1.42. The number of carbonyl (C=O) groups is 2. The van der Waals surface area contributed by atoms with Crippen LogP contribution < -0.4 is 31.9 Å². The van der Waals surface area contributed by atoms with Gasteiger partial charge in [0.15, 0.2) is 0 Å². The number of hydrogen-bond donors (Lipinski definition) is 3. The highest BCUT2D eigenvalue weighted by Gasteiger charge is 2.22. The minimum absolute atomic E-state index is 0.0265. The maximum absolute atomic E-state index is 15.5. The third kappa shape index (κ3) is 6.40. The van der Waals surface area contributed by atoms with Crippen molar-refractivity contribution < 1.29 is 18.7 Å². The predicted molar refractivity (Wildman–Crippen MR) is 171 cm³/mol. The summed E-state index contributed by atoms with van der Waals surface area (Å²) >= 11 is 6.81. The van der Waals surface area contributed by atoms with E-state index in [1.807, 2.05) is 25.1 Å². The molecular weight excluding hydrogens is 601 g/mol. The number of carbonyl (C=O) groups excluding carboxylic acids is 2. The summed E-state index contributed by atoms with van der Waals surface area (Å²) in [6.07, 6.45) is 1.64. The summed E-state index contributed by atoms with van der Waals surface area (Å²) in [5.41, 5.74) is 2.77. The van der Waals surface area contributed by atoms with Gasteiger partial charge in [-0.2, -0.15) is 0 Å². The molecular formula is C33H33ClFN5O5. The van der Waals surface area contributed by atoms with Gasteiger partial charge in [-0.25, -0.2) is 9.18 Å². The first kappa shape index (κ1) is 31.7. The highest BCUT2D eigenvalue weighted by atomic mass is 35.5. The molecule has 12 heteroatoms. The summed E-state index contributed by atoms with van der Waals surface area (Å²) in [7, 11) is 4.25. The van der Waals surface area contributed by atoms with E-state index in [1.54, 1.807) is 24.3 Å². The van der Waals surface area contributed by atoms with E-state index in [4.69, 9.17) is 16.3 Å². The average molecular weight is 634 g/mol. The van der Waals surface area contributed by atoms with Gasteiger partial charge in [0.05, 0.1) is 17.8 Å². The van der Waals surface area contributed by atoms with E-state index in [9.17, 15) is 19.2 Å². The summed E-state index contributed by atoms with van der Waals surface area (Å²) in [6.45, 7) is 3.33. The number of benzene rings is 3. The highest BCUT2D eigenvalue weighted by molar-refractivity contribution is 6.36. The fourth-order valence-corrected chi connectivity index (χ4v) is 5.84. The van der Waals surface area contributed by atoms with Gasteiger partial charge in [0.2, 0.25) is 5.91 Å².